The lowest BCUT2D eigenvalue weighted by atomic mass is 9.79. The van der Waals surface area contributed by atoms with E-state index in [0.717, 1.165) is 0 Å². The van der Waals surface area contributed by atoms with Gasteiger partial charge in [0.05, 0.1) is 18.1 Å². The summed E-state index contributed by atoms with van der Waals surface area (Å²) in [4.78, 5) is 56.5. The topological polar surface area (TPSA) is 160 Å². The molecule has 0 aliphatic carbocycles. The number of aromatic nitrogens is 1. The molecule has 0 bridgehead atoms. The van der Waals surface area contributed by atoms with E-state index < -0.39 is 35.9 Å². The standard InChI is InChI=1S/C22H28N4O7S2/c1-8(2)14(20(30)31)24-18(28)12-7-34-22(23-12)25-5-11(6-25)35-17-9(3)15-13(10(4)27)19(29)26(15)16(17)21(32)33/h7-11,13-15,27H,5-6H2,1-4H3,(H,24,28)(H,30,31)(H,32,33)/t9-,10-,13-,14+,15-/m1/s1. The van der Waals surface area contributed by atoms with Crippen LogP contribution in [0.4, 0.5) is 5.13 Å². The Labute approximate surface area is 210 Å². The maximum Gasteiger partial charge on any atom is 0.353 e. The van der Waals surface area contributed by atoms with Crippen LogP contribution in [0.25, 0.3) is 0 Å². The van der Waals surface area contributed by atoms with Crippen molar-refractivity contribution in [1.82, 2.24) is 15.2 Å². The second-order valence-corrected chi connectivity index (χ2v) is 11.6. The van der Waals surface area contributed by atoms with Crippen LogP contribution in [-0.2, 0) is 14.4 Å². The minimum absolute atomic E-state index is 0.0131. The molecule has 1 aromatic rings. The zero-order valence-electron chi connectivity index (χ0n) is 19.7. The van der Waals surface area contributed by atoms with Gasteiger partial charge in [0, 0.05) is 34.5 Å². The van der Waals surface area contributed by atoms with Gasteiger partial charge in [-0.25, -0.2) is 14.6 Å². The van der Waals surface area contributed by atoms with E-state index in [0.29, 0.717) is 23.1 Å². The number of aliphatic carboxylic acids is 2. The van der Waals surface area contributed by atoms with Crippen LogP contribution in [0.2, 0.25) is 0 Å². The summed E-state index contributed by atoms with van der Waals surface area (Å²) in [6.45, 7) is 8.04. The number of hydrogen-bond donors (Lipinski definition) is 4. The Morgan fingerprint density at radius 3 is 2.43 bits per heavy atom. The highest BCUT2D eigenvalue weighted by atomic mass is 32.2. The Morgan fingerprint density at radius 2 is 1.89 bits per heavy atom. The highest BCUT2D eigenvalue weighted by Gasteiger charge is 2.60. The SMILES string of the molecule is CC(C)[C@H](NC(=O)c1csc(N2CC(SC3=C(C(=O)O)N4C(=O)[C@H]([C@@H](C)O)[C@H]4[C@H]3C)C2)n1)C(=O)O. The van der Waals surface area contributed by atoms with Crippen molar-refractivity contribution in [2.24, 2.45) is 17.8 Å². The van der Waals surface area contributed by atoms with Crippen LogP contribution in [0.5, 0.6) is 0 Å². The van der Waals surface area contributed by atoms with Crippen LogP contribution < -0.4 is 10.2 Å². The van der Waals surface area contributed by atoms with Crippen LogP contribution in [-0.4, -0.2) is 85.5 Å². The Balaban J connectivity index is 1.39. The van der Waals surface area contributed by atoms with Crippen molar-refractivity contribution in [3.8, 4) is 0 Å². The van der Waals surface area contributed by atoms with Gasteiger partial charge in [0.25, 0.3) is 5.91 Å². The van der Waals surface area contributed by atoms with Crippen molar-refractivity contribution < 1.29 is 34.5 Å². The molecular weight excluding hydrogens is 496 g/mol. The lowest BCUT2D eigenvalue weighted by Crippen LogP contribution is -2.63. The number of carbonyl (C=O) groups excluding carboxylic acids is 2. The van der Waals surface area contributed by atoms with Crippen molar-refractivity contribution in [3.05, 3.63) is 21.7 Å². The van der Waals surface area contributed by atoms with Crippen LogP contribution in [0.3, 0.4) is 0 Å². The highest BCUT2D eigenvalue weighted by molar-refractivity contribution is 8.03. The van der Waals surface area contributed by atoms with Crippen LogP contribution in [0.15, 0.2) is 16.0 Å². The van der Waals surface area contributed by atoms with Gasteiger partial charge in [0.1, 0.15) is 17.4 Å². The summed E-state index contributed by atoms with van der Waals surface area (Å²) >= 11 is 2.72. The van der Waals surface area contributed by atoms with Gasteiger partial charge in [-0.15, -0.1) is 23.1 Å². The maximum atomic E-state index is 12.5. The van der Waals surface area contributed by atoms with E-state index in [1.165, 1.54) is 28.0 Å². The molecule has 2 saturated heterocycles. The third-order valence-corrected chi connectivity index (χ3v) is 9.02. The molecule has 5 atom stereocenters. The molecule has 2 fully saturated rings. The first-order valence-corrected chi connectivity index (χ1v) is 13.1. The summed E-state index contributed by atoms with van der Waals surface area (Å²) in [5, 5.41) is 33.8. The molecule has 13 heteroatoms. The predicted octanol–water partition coefficient (Wildman–Crippen LogP) is 1.06. The lowest BCUT2D eigenvalue weighted by Gasteiger charge is -2.46. The quantitative estimate of drug-likeness (QED) is 0.344. The van der Waals surface area contributed by atoms with E-state index in [9.17, 15) is 34.5 Å². The molecule has 0 unspecified atom stereocenters. The second kappa shape index (κ2) is 9.43. The van der Waals surface area contributed by atoms with Gasteiger partial charge in [-0.3, -0.25) is 9.59 Å². The predicted molar refractivity (Wildman–Crippen MR) is 129 cm³/mol. The number of amides is 2. The van der Waals surface area contributed by atoms with Gasteiger partial charge >= 0.3 is 11.9 Å². The van der Waals surface area contributed by atoms with E-state index in [4.69, 9.17) is 0 Å². The molecule has 3 aliphatic heterocycles. The molecule has 35 heavy (non-hydrogen) atoms. The highest BCUT2D eigenvalue weighted by Crippen LogP contribution is 2.52. The van der Waals surface area contributed by atoms with Gasteiger partial charge in [0.15, 0.2) is 5.13 Å². The average Bonchev–Trinajstić information content (AvgIpc) is 3.29. The number of fused-ring (bicyclic) bond motifs is 1. The number of hydrogen-bond acceptors (Lipinski definition) is 9. The Bertz CT molecular complexity index is 1100. The summed E-state index contributed by atoms with van der Waals surface area (Å²) in [5.41, 5.74) is 0.166. The molecule has 4 rings (SSSR count). The van der Waals surface area contributed by atoms with E-state index in [1.807, 2.05) is 11.8 Å². The third-order valence-electron chi connectivity index (χ3n) is 6.67. The molecule has 4 N–H and O–H groups in total. The number of rotatable bonds is 9. The zero-order chi connectivity index (χ0) is 25.8. The smallest absolute Gasteiger partial charge is 0.353 e. The number of aliphatic hydroxyl groups is 1. The number of nitrogens with one attached hydrogen (secondary N) is 1. The van der Waals surface area contributed by atoms with Gasteiger partial charge < -0.3 is 30.4 Å². The molecular formula is C22H28N4O7S2. The largest absolute Gasteiger partial charge is 0.480 e. The van der Waals surface area contributed by atoms with E-state index >= 15 is 0 Å². The van der Waals surface area contributed by atoms with Gasteiger partial charge in [-0.1, -0.05) is 20.8 Å². The molecule has 190 valence electrons. The fourth-order valence-electron chi connectivity index (χ4n) is 4.77. The Kier molecular flexibility index (Phi) is 6.86. The molecule has 0 aromatic carbocycles. The third kappa shape index (κ3) is 4.40. The molecule has 3 aliphatic rings. The molecule has 0 saturated carbocycles. The number of aliphatic hydroxyl groups excluding tert-OH is 1. The average molecular weight is 525 g/mol. The number of carboxylic acids is 2. The van der Waals surface area contributed by atoms with Crippen LogP contribution >= 0.6 is 23.1 Å². The van der Waals surface area contributed by atoms with E-state index in [1.54, 1.807) is 26.2 Å². The Morgan fingerprint density at radius 1 is 1.23 bits per heavy atom. The first-order chi connectivity index (χ1) is 16.4. The normalized spacial score (nSPS) is 25.8. The number of thiazole rings is 1. The number of anilines is 1. The van der Waals surface area contributed by atoms with Crippen molar-refractivity contribution >= 4 is 52.0 Å². The number of thioether (sulfide) groups is 1. The molecule has 0 radical (unpaired) electrons. The van der Waals surface area contributed by atoms with Crippen molar-refractivity contribution in [1.29, 1.82) is 0 Å². The first kappa shape index (κ1) is 25.5. The van der Waals surface area contributed by atoms with E-state index in [2.05, 4.69) is 10.3 Å². The Hall–Kier alpha value is -2.64. The van der Waals surface area contributed by atoms with E-state index in [-0.39, 0.29) is 40.4 Å². The fraction of sp³-hybridized carbons (Fsp3) is 0.591. The number of carbonyl (C=O) groups is 4. The minimum Gasteiger partial charge on any atom is -0.480 e. The summed E-state index contributed by atoms with van der Waals surface area (Å²) < 4.78 is 0. The summed E-state index contributed by atoms with van der Waals surface area (Å²) in [7, 11) is 0. The second-order valence-electron chi connectivity index (χ2n) is 9.47. The molecule has 4 heterocycles. The maximum absolute atomic E-state index is 12.5. The van der Waals surface area contributed by atoms with Crippen LogP contribution in [0, 0.1) is 17.8 Å². The summed E-state index contributed by atoms with van der Waals surface area (Å²) in [6, 6.07) is -1.35. The number of nitrogens with zero attached hydrogens (tertiary/aromatic N) is 3. The fourth-order valence-corrected chi connectivity index (χ4v) is 7.12. The first-order valence-electron chi connectivity index (χ1n) is 11.3. The van der Waals surface area contributed by atoms with Gasteiger partial charge in [-0.2, -0.15) is 0 Å². The molecule has 11 nitrogen and oxygen atoms in total. The number of carboxylic acid groups (broad SMARTS) is 2. The van der Waals surface area contributed by atoms with Gasteiger partial charge in [0.2, 0.25) is 5.91 Å². The number of β-lactam (4-membered cyclic amide) rings is 1. The summed E-state index contributed by atoms with van der Waals surface area (Å²) in [6.07, 6.45) is -0.840. The molecule has 1 aromatic heterocycles. The van der Waals surface area contributed by atoms with Gasteiger partial charge in [-0.05, 0) is 12.8 Å². The minimum atomic E-state index is -1.15. The van der Waals surface area contributed by atoms with Crippen molar-refractivity contribution in [2.45, 2.75) is 51.1 Å². The monoisotopic (exact) mass is 524 g/mol. The summed E-state index contributed by atoms with van der Waals surface area (Å²) in [5.74, 6) is -4.19. The lowest BCUT2D eigenvalue weighted by molar-refractivity contribution is -0.163. The molecule has 0 spiro atoms. The van der Waals surface area contributed by atoms with Crippen molar-refractivity contribution in [3.63, 3.8) is 0 Å². The van der Waals surface area contributed by atoms with Crippen LogP contribution in [0.1, 0.15) is 38.2 Å². The molecule has 2 amide bonds. The zero-order valence-corrected chi connectivity index (χ0v) is 21.3. The van der Waals surface area contributed by atoms with Crippen molar-refractivity contribution in [2.75, 3.05) is 18.0 Å².